The van der Waals surface area contributed by atoms with Gasteiger partial charge in [0.1, 0.15) is 5.71 Å². The van der Waals surface area contributed by atoms with E-state index in [1.165, 1.54) is 12.1 Å². The molecular formula is C12H9ClN6O5. The topological polar surface area (TPSA) is 180 Å². The van der Waals surface area contributed by atoms with Crippen LogP contribution in [0.5, 0.6) is 0 Å². The van der Waals surface area contributed by atoms with Crippen molar-refractivity contribution in [1.82, 2.24) is 0 Å². The van der Waals surface area contributed by atoms with Crippen molar-refractivity contribution in [2.75, 3.05) is 16.9 Å². The third-order valence-electron chi connectivity index (χ3n) is 2.91. The molecule has 0 fully saturated rings. The fraction of sp³-hybridized carbons (Fsp3) is 0. The van der Waals surface area contributed by atoms with Crippen LogP contribution >= 0.6 is 11.6 Å². The maximum Gasteiger partial charge on any atom is 0.325 e. The van der Waals surface area contributed by atoms with Crippen LogP contribution in [-0.2, 0) is 4.79 Å². The van der Waals surface area contributed by atoms with Crippen molar-refractivity contribution in [3.63, 3.8) is 0 Å². The molecule has 0 radical (unpaired) electrons. The molecule has 2 rings (SSSR count). The standard InChI is InChI=1S/C12H9ClN6O5/c13-6-3-9(8(15)4-7(6)14)16-17-10-1-5(18(21)22)2-11(12(10)20)19(23)24/h1-4,16H,14-15H2/b17-10+. The average Bonchev–Trinajstić information content (AvgIpc) is 2.50. The molecule has 1 aliphatic rings. The number of hydrazone groups is 1. The van der Waals surface area contributed by atoms with Gasteiger partial charge in [-0.15, -0.1) is 0 Å². The Kier molecular flexibility index (Phi) is 4.46. The Hall–Kier alpha value is -3.47. The first-order chi connectivity index (χ1) is 11.2. The Balaban J connectivity index is 2.40. The number of hydrogen-bond donors (Lipinski definition) is 3. The highest BCUT2D eigenvalue weighted by Gasteiger charge is 2.34. The lowest BCUT2D eigenvalue weighted by Crippen LogP contribution is -2.25. The number of carbonyl (C=O) groups excluding carboxylic acids is 1. The quantitative estimate of drug-likeness (QED) is 0.312. The van der Waals surface area contributed by atoms with Crippen molar-refractivity contribution in [2.45, 2.75) is 0 Å². The molecule has 0 saturated heterocycles. The fourth-order valence-corrected chi connectivity index (χ4v) is 1.90. The smallest absolute Gasteiger partial charge is 0.325 e. The summed E-state index contributed by atoms with van der Waals surface area (Å²) in [7, 11) is 0. The average molecular weight is 353 g/mol. The summed E-state index contributed by atoms with van der Waals surface area (Å²) in [6.45, 7) is 0. The molecule has 12 heteroatoms. The Morgan fingerprint density at radius 1 is 1.08 bits per heavy atom. The van der Waals surface area contributed by atoms with Crippen molar-refractivity contribution >= 4 is 40.2 Å². The molecule has 1 aliphatic carbocycles. The number of ketones is 1. The number of Topliss-reactive ketones (excluding diaryl/α,β-unsaturated/α-hetero) is 1. The second-order valence-electron chi connectivity index (χ2n) is 4.51. The molecule has 1 aromatic carbocycles. The lowest BCUT2D eigenvalue weighted by Gasteiger charge is -2.09. The highest BCUT2D eigenvalue weighted by atomic mass is 35.5. The van der Waals surface area contributed by atoms with Crippen LogP contribution in [0.15, 0.2) is 40.8 Å². The number of nitrogen functional groups attached to an aromatic ring is 2. The van der Waals surface area contributed by atoms with Gasteiger partial charge in [0.25, 0.3) is 11.5 Å². The lowest BCUT2D eigenvalue weighted by molar-refractivity contribution is -0.430. The van der Waals surface area contributed by atoms with Crippen LogP contribution in [0, 0.1) is 20.2 Å². The first kappa shape index (κ1) is 16.9. The van der Waals surface area contributed by atoms with Crippen LogP contribution in [0.4, 0.5) is 17.1 Å². The second kappa shape index (κ2) is 6.34. The first-order valence-corrected chi connectivity index (χ1v) is 6.53. The zero-order valence-corrected chi connectivity index (χ0v) is 12.5. The Labute approximate surface area is 138 Å². The fourth-order valence-electron chi connectivity index (χ4n) is 1.73. The molecule has 0 aliphatic heterocycles. The predicted octanol–water partition coefficient (Wildman–Crippen LogP) is 1.18. The number of nitro groups is 2. The summed E-state index contributed by atoms with van der Waals surface area (Å²) in [4.78, 5) is 31.7. The number of benzene rings is 1. The normalized spacial score (nSPS) is 15.7. The van der Waals surface area contributed by atoms with E-state index in [9.17, 15) is 25.0 Å². The number of halogens is 1. The van der Waals surface area contributed by atoms with Crippen molar-refractivity contribution < 1.29 is 14.6 Å². The zero-order chi connectivity index (χ0) is 18.0. The third kappa shape index (κ3) is 3.30. The molecule has 0 amide bonds. The summed E-state index contributed by atoms with van der Waals surface area (Å²) < 4.78 is 0. The van der Waals surface area contributed by atoms with Gasteiger partial charge in [0.05, 0.1) is 38.0 Å². The molecule has 0 unspecified atom stereocenters. The summed E-state index contributed by atoms with van der Waals surface area (Å²) in [5.41, 5.74) is 12.0. The molecule has 0 saturated carbocycles. The van der Waals surface area contributed by atoms with Gasteiger partial charge in [0.2, 0.25) is 0 Å². The monoisotopic (exact) mass is 352 g/mol. The van der Waals surface area contributed by atoms with E-state index in [2.05, 4.69) is 10.5 Å². The van der Waals surface area contributed by atoms with Gasteiger partial charge >= 0.3 is 5.70 Å². The SMILES string of the molecule is Nc1cc(N)c(N/N=C2\C=C([N+](=O)[O-])C=C([N+](=O)[O-])C2=O)cc1Cl. The van der Waals surface area contributed by atoms with Crippen molar-refractivity contribution in [1.29, 1.82) is 0 Å². The highest BCUT2D eigenvalue weighted by molar-refractivity contribution is 6.50. The van der Waals surface area contributed by atoms with E-state index in [1.54, 1.807) is 0 Å². The molecule has 11 nitrogen and oxygen atoms in total. The first-order valence-electron chi connectivity index (χ1n) is 6.15. The Morgan fingerprint density at radius 3 is 2.33 bits per heavy atom. The molecule has 0 heterocycles. The lowest BCUT2D eigenvalue weighted by atomic mass is 10.1. The Morgan fingerprint density at radius 2 is 1.75 bits per heavy atom. The maximum absolute atomic E-state index is 11.9. The number of nitrogens with one attached hydrogen (secondary N) is 1. The van der Waals surface area contributed by atoms with Crippen LogP contribution in [0.3, 0.4) is 0 Å². The summed E-state index contributed by atoms with van der Waals surface area (Å²) >= 11 is 5.83. The number of rotatable bonds is 4. The predicted molar refractivity (Wildman–Crippen MR) is 86.5 cm³/mol. The Bertz CT molecular complexity index is 860. The largest absolute Gasteiger partial charge is 0.397 e. The molecule has 0 spiro atoms. The van der Waals surface area contributed by atoms with E-state index in [1.807, 2.05) is 0 Å². The van der Waals surface area contributed by atoms with Gasteiger partial charge in [0, 0.05) is 6.08 Å². The molecule has 0 aromatic heterocycles. The summed E-state index contributed by atoms with van der Waals surface area (Å²) in [5, 5.41) is 25.5. The van der Waals surface area contributed by atoms with Crippen LogP contribution in [0.25, 0.3) is 0 Å². The van der Waals surface area contributed by atoms with Crippen LogP contribution in [0.2, 0.25) is 5.02 Å². The van der Waals surface area contributed by atoms with E-state index in [0.29, 0.717) is 6.08 Å². The molecule has 0 atom stereocenters. The summed E-state index contributed by atoms with van der Waals surface area (Å²) in [6, 6.07) is 2.67. The van der Waals surface area contributed by atoms with Crippen LogP contribution < -0.4 is 16.9 Å². The minimum atomic E-state index is -1.08. The van der Waals surface area contributed by atoms with Crippen LogP contribution in [0.1, 0.15) is 0 Å². The zero-order valence-electron chi connectivity index (χ0n) is 11.7. The number of hydrogen-bond acceptors (Lipinski definition) is 9. The van der Waals surface area contributed by atoms with Crippen molar-refractivity contribution in [3.8, 4) is 0 Å². The minimum Gasteiger partial charge on any atom is -0.397 e. The van der Waals surface area contributed by atoms with Crippen molar-refractivity contribution in [2.24, 2.45) is 5.10 Å². The molecule has 0 bridgehead atoms. The molecule has 1 aromatic rings. The maximum atomic E-state index is 11.9. The third-order valence-corrected chi connectivity index (χ3v) is 3.23. The van der Waals surface area contributed by atoms with Gasteiger partial charge < -0.3 is 11.5 Å². The van der Waals surface area contributed by atoms with Gasteiger partial charge in [-0.2, -0.15) is 5.10 Å². The van der Waals surface area contributed by atoms with E-state index >= 15 is 0 Å². The van der Waals surface area contributed by atoms with E-state index in [-0.39, 0.29) is 22.1 Å². The van der Waals surface area contributed by atoms with E-state index in [0.717, 1.165) is 6.08 Å². The summed E-state index contributed by atoms with van der Waals surface area (Å²) in [6.07, 6.45) is 1.37. The number of carbonyl (C=O) groups is 1. The molecule has 5 N–H and O–H groups in total. The van der Waals surface area contributed by atoms with E-state index in [4.69, 9.17) is 23.1 Å². The molecule has 24 heavy (non-hydrogen) atoms. The molecular weight excluding hydrogens is 344 g/mol. The number of nitrogens with two attached hydrogens (primary N) is 2. The van der Waals surface area contributed by atoms with E-state index < -0.39 is 32.7 Å². The van der Waals surface area contributed by atoms with Gasteiger partial charge in [-0.05, 0) is 12.1 Å². The minimum absolute atomic E-state index is 0.146. The van der Waals surface area contributed by atoms with Crippen LogP contribution in [-0.4, -0.2) is 21.3 Å². The van der Waals surface area contributed by atoms with Gasteiger partial charge in [0.15, 0.2) is 0 Å². The number of allylic oxidation sites excluding steroid dienone is 3. The van der Waals surface area contributed by atoms with Crippen molar-refractivity contribution in [3.05, 3.63) is 60.9 Å². The highest BCUT2D eigenvalue weighted by Crippen LogP contribution is 2.29. The number of nitrogens with zero attached hydrogens (tertiary/aromatic N) is 3. The number of anilines is 3. The second-order valence-corrected chi connectivity index (χ2v) is 4.92. The summed E-state index contributed by atoms with van der Waals surface area (Å²) in [5.74, 6) is -1.08. The van der Waals surface area contributed by atoms with Gasteiger partial charge in [-0.25, -0.2) is 0 Å². The van der Waals surface area contributed by atoms with Gasteiger partial charge in [-0.1, -0.05) is 11.6 Å². The molecule has 124 valence electrons. The van der Waals surface area contributed by atoms with Gasteiger partial charge in [-0.3, -0.25) is 30.4 Å².